The van der Waals surface area contributed by atoms with Crippen LogP contribution in [0.15, 0.2) is 0 Å². The van der Waals surface area contributed by atoms with Crippen molar-refractivity contribution in [2.75, 3.05) is 32.3 Å². The molecule has 0 bridgehead atoms. The summed E-state index contributed by atoms with van der Waals surface area (Å²) >= 11 is 6.26. The van der Waals surface area contributed by atoms with E-state index in [1.165, 1.54) is 128 Å². The third kappa shape index (κ3) is 27.6. The van der Waals surface area contributed by atoms with Gasteiger partial charge in [-0.15, -0.1) is 11.6 Å². The molecule has 8 heteroatoms. The monoisotopic (exact) mass is 680 g/mol. The molecule has 0 saturated carbocycles. The summed E-state index contributed by atoms with van der Waals surface area (Å²) in [6.07, 6.45) is 30.4. The summed E-state index contributed by atoms with van der Waals surface area (Å²) in [5.74, 6) is 0.578. The van der Waals surface area contributed by atoms with E-state index in [1.54, 1.807) is 0 Å². The Morgan fingerprint density at radius 1 is 0.386 bits per heavy atom. The fourth-order valence-electron chi connectivity index (χ4n) is 5.46. The minimum absolute atomic E-state index is 0.578. The van der Waals surface area contributed by atoms with Gasteiger partial charge in [0.2, 0.25) is 0 Å². The van der Waals surface area contributed by atoms with Crippen molar-refractivity contribution in [2.45, 2.75) is 201 Å². The van der Waals surface area contributed by atoms with Crippen LogP contribution in [0, 0.1) is 0 Å². The molecule has 0 amide bonds. The van der Waals surface area contributed by atoms with Crippen LogP contribution in [0.25, 0.3) is 0 Å². The molecular formula is C36H77ClO5Si2. The Balaban J connectivity index is 5.48. The minimum atomic E-state index is -3.05. The van der Waals surface area contributed by atoms with Gasteiger partial charge in [0.1, 0.15) is 0 Å². The molecule has 0 saturated heterocycles. The summed E-state index contributed by atoms with van der Waals surface area (Å²) < 4.78 is 33.7. The Morgan fingerprint density at radius 3 is 1.00 bits per heavy atom. The second-order valence-corrected chi connectivity index (χ2v) is 18.8. The first-order valence-electron chi connectivity index (χ1n) is 19.3. The predicted octanol–water partition coefficient (Wildman–Crippen LogP) is 12.6. The lowest BCUT2D eigenvalue weighted by atomic mass is 10.1. The van der Waals surface area contributed by atoms with Gasteiger partial charge >= 0.3 is 17.6 Å². The number of alkyl halides is 1. The number of hydrogen-bond donors (Lipinski definition) is 0. The van der Waals surface area contributed by atoms with Crippen LogP contribution in [0.1, 0.15) is 188 Å². The van der Waals surface area contributed by atoms with Crippen molar-refractivity contribution in [3.8, 4) is 0 Å². The minimum Gasteiger partial charge on any atom is -0.374 e. The summed E-state index contributed by atoms with van der Waals surface area (Å²) in [7, 11) is -6.04. The van der Waals surface area contributed by atoms with Crippen molar-refractivity contribution in [1.82, 2.24) is 0 Å². The fraction of sp³-hybridized carbons (Fsp3) is 1.00. The second kappa shape index (κ2) is 33.4. The van der Waals surface area contributed by atoms with Crippen molar-refractivity contribution in [3.63, 3.8) is 0 Å². The second-order valence-electron chi connectivity index (χ2n) is 12.9. The van der Waals surface area contributed by atoms with E-state index in [0.29, 0.717) is 32.3 Å². The molecule has 0 heterocycles. The molecule has 0 aromatic rings. The van der Waals surface area contributed by atoms with E-state index < -0.39 is 17.6 Å². The lowest BCUT2D eigenvalue weighted by molar-refractivity contribution is 0.0415. The zero-order chi connectivity index (χ0) is 32.5. The molecule has 44 heavy (non-hydrogen) atoms. The Hall–Kier alpha value is 0.524. The molecule has 0 atom stereocenters. The average molecular weight is 682 g/mol. The summed E-state index contributed by atoms with van der Waals surface area (Å²) in [6, 6.07) is 0.728. The normalized spacial score (nSPS) is 12.4. The Kier molecular flexibility index (Phi) is 33.8. The van der Waals surface area contributed by atoms with Gasteiger partial charge < -0.3 is 21.8 Å². The Morgan fingerprint density at radius 2 is 0.682 bits per heavy atom. The quantitative estimate of drug-likeness (QED) is 0.0371. The molecule has 266 valence electrons. The summed E-state index contributed by atoms with van der Waals surface area (Å²) in [5.41, 5.74) is 0. The molecule has 0 spiro atoms. The third-order valence-corrected chi connectivity index (χ3v) is 15.0. The van der Waals surface area contributed by atoms with Gasteiger partial charge in [-0.05, 0) is 32.1 Å². The average Bonchev–Trinajstić information content (AvgIpc) is 3.02. The molecule has 0 fully saturated rings. The summed E-state index contributed by atoms with van der Waals surface area (Å²) in [6.45, 7) is 13.9. The molecule has 0 aliphatic rings. The molecule has 0 unspecified atom stereocenters. The highest BCUT2D eigenvalue weighted by Gasteiger charge is 2.50. The van der Waals surface area contributed by atoms with Gasteiger partial charge in [0.15, 0.2) is 0 Å². The van der Waals surface area contributed by atoms with Gasteiger partial charge in [0.25, 0.3) is 0 Å². The van der Waals surface area contributed by atoms with Crippen LogP contribution in [0.5, 0.6) is 0 Å². The zero-order valence-electron chi connectivity index (χ0n) is 30.3. The molecule has 0 rings (SSSR count). The van der Waals surface area contributed by atoms with Crippen LogP contribution >= 0.6 is 11.6 Å². The molecule has 5 nitrogen and oxygen atoms in total. The SMILES string of the molecule is CCCCCCCCO[Si](C)(OCCCCCCCC)O[Si](CCCCl)(OCCCCCCCC)OCCCCCCCC. The molecule has 0 aliphatic carbocycles. The van der Waals surface area contributed by atoms with Crippen molar-refractivity contribution >= 4 is 29.2 Å². The molecule has 0 radical (unpaired) electrons. The van der Waals surface area contributed by atoms with E-state index in [0.717, 1.165) is 38.1 Å². The first-order chi connectivity index (χ1) is 21.5. The van der Waals surface area contributed by atoms with Crippen LogP contribution in [-0.4, -0.2) is 49.9 Å². The molecule has 0 aromatic carbocycles. The lowest BCUT2D eigenvalue weighted by Gasteiger charge is -2.37. The highest BCUT2D eigenvalue weighted by Crippen LogP contribution is 2.27. The zero-order valence-corrected chi connectivity index (χ0v) is 33.1. The standard InChI is InChI=1S/C36H77ClO5Si2/c1-6-10-14-18-22-26-32-38-43(5,39-33-27-23-19-15-11-7-2)42-44(36-30-31-37,40-34-28-24-20-16-12-8-3)41-35-29-25-21-17-13-9-4/h6-36H2,1-5H3. The predicted molar refractivity (Wildman–Crippen MR) is 196 cm³/mol. The Bertz CT molecular complexity index is 537. The number of hydrogen-bond acceptors (Lipinski definition) is 5. The highest BCUT2D eigenvalue weighted by molar-refractivity contribution is 6.74. The number of unbranched alkanes of at least 4 members (excludes halogenated alkanes) is 20. The van der Waals surface area contributed by atoms with Crippen molar-refractivity contribution < 1.29 is 21.8 Å². The number of halogens is 1. The van der Waals surface area contributed by atoms with E-state index >= 15 is 0 Å². The molecule has 0 N–H and O–H groups in total. The summed E-state index contributed by atoms with van der Waals surface area (Å²) in [4.78, 5) is 0. The van der Waals surface area contributed by atoms with E-state index in [9.17, 15) is 0 Å². The van der Waals surface area contributed by atoms with Crippen LogP contribution in [0.4, 0.5) is 0 Å². The Labute approximate surface area is 283 Å². The van der Waals surface area contributed by atoms with Crippen LogP contribution in [-0.2, 0) is 21.8 Å². The van der Waals surface area contributed by atoms with Crippen LogP contribution in [0.2, 0.25) is 12.6 Å². The summed E-state index contributed by atoms with van der Waals surface area (Å²) in [5, 5.41) is 0. The maximum atomic E-state index is 7.04. The van der Waals surface area contributed by atoms with Gasteiger partial charge in [0.05, 0.1) is 0 Å². The van der Waals surface area contributed by atoms with Gasteiger partial charge in [-0.2, -0.15) is 0 Å². The van der Waals surface area contributed by atoms with Gasteiger partial charge in [-0.3, -0.25) is 0 Å². The van der Waals surface area contributed by atoms with Gasteiger partial charge in [0, 0.05) is 44.9 Å². The molecular weight excluding hydrogens is 604 g/mol. The first-order valence-corrected chi connectivity index (χ1v) is 24.0. The number of rotatable bonds is 37. The smallest absolute Gasteiger partial charge is 0.374 e. The van der Waals surface area contributed by atoms with Crippen molar-refractivity contribution in [3.05, 3.63) is 0 Å². The van der Waals surface area contributed by atoms with Gasteiger partial charge in [-0.25, -0.2) is 0 Å². The maximum absolute atomic E-state index is 7.04. The van der Waals surface area contributed by atoms with Crippen molar-refractivity contribution in [2.24, 2.45) is 0 Å². The van der Waals surface area contributed by atoms with E-state index in [2.05, 4.69) is 34.2 Å². The fourth-order valence-corrected chi connectivity index (χ4v) is 12.4. The largest absolute Gasteiger partial charge is 0.493 e. The third-order valence-electron chi connectivity index (χ3n) is 8.32. The first kappa shape index (κ1) is 44.5. The van der Waals surface area contributed by atoms with Crippen molar-refractivity contribution in [1.29, 1.82) is 0 Å². The van der Waals surface area contributed by atoms with E-state index in [1.807, 2.05) is 0 Å². The topological polar surface area (TPSA) is 46.2 Å². The van der Waals surface area contributed by atoms with E-state index in [-0.39, 0.29) is 0 Å². The van der Waals surface area contributed by atoms with E-state index in [4.69, 9.17) is 33.4 Å². The van der Waals surface area contributed by atoms with Crippen LogP contribution in [0.3, 0.4) is 0 Å². The molecule has 0 aliphatic heterocycles. The molecule has 0 aromatic heterocycles. The highest BCUT2D eigenvalue weighted by atomic mass is 35.5. The maximum Gasteiger partial charge on any atom is 0.493 e. The lowest BCUT2D eigenvalue weighted by Crippen LogP contribution is -2.57. The van der Waals surface area contributed by atoms with Gasteiger partial charge in [-0.1, -0.05) is 156 Å². The van der Waals surface area contributed by atoms with Crippen LogP contribution < -0.4 is 0 Å².